The lowest BCUT2D eigenvalue weighted by molar-refractivity contribution is -0.123. The number of benzene rings is 2. The van der Waals surface area contributed by atoms with Crippen molar-refractivity contribution in [2.45, 2.75) is 89.5 Å². The van der Waals surface area contributed by atoms with E-state index in [0.717, 1.165) is 48.9 Å². The van der Waals surface area contributed by atoms with E-state index in [-0.39, 0.29) is 35.8 Å². The second-order valence-electron chi connectivity index (χ2n) is 14.0. The van der Waals surface area contributed by atoms with Crippen LogP contribution in [0.5, 0.6) is 5.75 Å². The van der Waals surface area contributed by atoms with Gasteiger partial charge in [-0.05, 0) is 111 Å². The first kappa shape index (κ1) is 36.4. The Morgan fingerprint density at radius 2 is 1.92 bits per heavy atom. The van der Waals surface area contributed by atoms with Crippen LogP contribution in [0.3, 0.4) is 0 Å². The minimum atomic E-state index is -3.97. The van der Waals surface area contributed by atoms with Crippen LogP contribution in [0.15, 0.2) is 36.4 Å². The van der Waals surface area contributed by atoms with Crippen LogP contribution in [0, 0.1) is 17.8 Å². The molecule has 10 nitrogen and oxygen atoms in total. The summed E-state index contributed by atoms with van der Waals surface area (Å²) >= 11 is 6.36. The first-order chi connectivity index (χ1) is 22.9. The minimum Gasteiger partial charge on any atom is -0.487 e. The molecule has 0 spiro atoms. The van der Waals surface area contributed by atoms with Crippen molar-refractivity contribution in [3.05, 3.63) is 58.1 Å². The molecule has 3 aliphatic rings. The van der Waals surface area contributed by atoms with E-state index in [9.17, 15) is 23.1 Å². The van der Waals surface area contributed by atoms with Gasteiger partial charge in [0.1, 0.15) is 12.4 Å². The zero-order valence-corrected chi connectivity index (χ0v) is 30.0. The molecule has 1 aliphatic carbocycles. The number of nitrogens with one attached hydrogen (secondary N) is 3. The van der Waals surface area contributed by atoms with Gasteiger partial charge in [0.2, 0.25) is 15.9 Å². The second-order valence-corrected chi connectivity index (χ2v) is 16.5. The maximum atomic E-state index is 13.5. The number of anilines is 1. The number of fused-ring (bicyclic) bond motifs is 3. The van der Waals surface area contributed by atoms with Crippen molar-refractivity contribution < 1.29 is 27.9 Å². The summed E-state index contributed by atoms with van der Waals surface area (Å²) in [4.78, 5) is 28.6. The average molecular weight is 703 g/mol. The summed E-state index contributed by atoms with van der Waals surface area (Å²) in [5.74, 6) is 0.0512. The predicted molar refractivity (Wildman–Crippen MR) is 189 cm³/mol. The lowest BCUT2D eigenvalue weighted by Gasteiger charge is -2.52. The average Bonchev–Trinajstić information content (AvgIpc) is 3.05. The molecule has 2 amide bonds. The Hall–Kier alpha value is -2.86. The van der Waals surface area contributed by atoms with Gasteiger partial charge in [0.25, 0.3) is 5.91 Å². The highest BCUT2D eigenvalue weighted by Crippen LogP contribution is 2.46. The molecule has 2 aromatic carbocycles. The van der Waals surface area contributed by atoms with Gasteiger partial charge in [-0.25, -0.2) is 13.1 Å². The number of hydrogen-bond donors (Lipinski definition) is 4. The van der Waals surface area contributed by atoms with Crippen LogP contribution in [0.4, 0.5) is 5.69 Å². The predicted octanol–water partition coefficient (Wildman–Crippen LogP) is 4.81. The quantitative estimate of drug-likeness (QED) is 0.326. The van der Waals surface area contributed by atoms with E-state index in [4.69, 9.17) is 16.3 Å². The molecular weight excluding hydrogens is 652 g/mol. The number of ether oxygens (including phenoxy) is 1. The fourth-order valence-corrected chi connectivity index (χ4v) is 9.29. The molecule has 0 saturated heterocycles. The maximum Gasteiger partial charge on any atom is 0.264 e. The fourth-order valence-electron chi connectivity index (χ4n) is 7.78. The van der Waals surface area contributed by atoms with Crippen LogP contribution < -0.4 is 25.0 Å². The number of aliphatic hydroxyl groups is 1. The van der Waals surface area contributed by atoms with E-state index >= 15 is 0 Å². The number of amides is 2. The topological polar surface area (TPSA) is 137 Å². The van der Waals surface area contributed by atoms with Crippen molar-refractivity contribution in [3.63, 3.8) is 0 Å². The number of carbonyl (C=O) groups excluding carboxylic acids is 2. The Labute approximate surface area is 290 Å². The molecule has 5 rings (SSSR count). The van der Waals surface area contributed by atoms with Gasteiger partial charge in [0, 0.05) is 43.7 Å². The molecule has 5 atom stereocenters. The number of aliphatic hydroxyl groups excluding tert-OH is 1. The highest BCUT2D eigenvalue weighted by Gasteiger charge is 2.48. The van der Waals surface area contributed by atoms with Crippen LogP contribution in [0.25, 0.3) is 0 Å². The molecule has 2 heterocycles. The Bertz CT molecular complexity index is 1570. The summed E-state index contributed by atoms with van der Waals surface area (Å²) in [7, 11) is -3.97. The lowest BCUT2D eigenvalue weighted by atomic mass is 9.61. The van der Waals surface area contributed by atoms with Crippen molar-refractivity contribution in [2.24, 2.45) is 17.8 Å². The second kappa shape index (κ2) is 15.8. The van der Waals surface area contributed by atoms with E-state index in [2.05, 4.69) is 20.3 Å². The molecule has 264 valence electrons. The molecular formula is C36H51ClN4O6S. The molecule has 12 heteroatoms. The number of halogens is 1. The summed E-state index contributed by atoms with van der Waals surface area (Å²) in [6.45, 7) is 7.74. The van der Waals surface area contributed by atoms with Crippen molar-refractivity contribution in [1.82, 2.24) is 15.4 Å². The normalized spacial score (nSPS) is 27.9. The van der Waals surface area contributed by atoms with E-state index in [1.165, 1.54) is 0 Å². The van der Waals surface area contributed by atoms with Gasteiger partial charge in [-0.2, -0.15) is 0 Å². The third-order valence-electron chi connectivity index (χ3n) is 10.8. The van der Waals surface area contributed by atoms with Crippen molar-refractivity contribution in [1.29, 1.82) is 0 Å². The lowest BCUT2D eigenvalue weighted by Crippen LogP contribution is -2.64. The van der Waals surface area contributed by atoms with Crippen LogP contribution in [-0.2, 0) is 27.8 Å². The van der Waals surface area contributed by atoms with Crippen LogP contribution in [0.1, 0.15) is 87.2 Å². The van der Waals surface area contributed by atoms with Crippen LogP contribution in [0.2, 0.25) is 5.02 Å². The van der Waals surface area contributed by atoms with Crippen molar-refractivity contribution in [2.75, 3.05) is 37.7 Å². The number of carbonyl (C=O) groups is 2. The zero-order chi connectivity index (χ0) is 34.5. The Kier molecular flexibility index (Phi) is 12.0. The summed E-state index contributed by atoms with van der Waals surface area (Å²) in [5, 5.41) is 16.2. The van der Waals surface area contributed by atoms with E-state index in [1.54, 1.807) is 32.0 Å². The SMILES string of the molecule is CC(=O)N[C@]1(CNCCO)CCC[C@H](C)[C@@H](C)S(=O)(=O)NC(=O)c2ccc3c(c2)N(CCCCc2cc(Cl)ccc2CO3)C[C@@H]2CC[C@H]21. The van der Waals surface area contributed by atoms with Crippen LogP contribution in [-0.4, -0.2) is 68.9 Å². The number of hydrogen-bond acceptors (Lipinski definition) is 8. The van der Waals surface area contributed by atoms with Crippen molar-refractivity contribution in [3.8, 4) is 5.75 Å². The molecule has 4 N–H and O–H groups in total. The minimum absolute atomic E-state index is 0.00859. The Morgan fingerprint density at radius 1 is 1.10 bits per heavy atom. The molecule has 1 saturated carbocycles. The van der Waals surface area contributed by atoms with Gasteiger partial charge in [-0.3, -0.25) is 9.59 Å². The summed E-state index contributed by atoms with van der Waals surface area (Å²) in [5.41, 5.74) is 2.65. The van der Waals surface area contributed by atoms with Gasteiger partial charge < -0.3 is 25.4 Å². The van der Waals surface area contributed by atoms with E-state index in [1.807, 2.05) is 25.1 Å². The van der Waals surface area contributed by atoms with Crippen LogP contribution >= 0.6 is 11.6 Å². The fraction of sp³-hybridized carbons (Fsp3) is 0.611. The third kappa shape index (κ3) is 8.46. The van der Waals surface area contributed by atoms with Gasteiger partial charge in [0.15, 0.2) is 0 Å². The first-order valence-corrected chi connectivity index (χ1v) is 19.3. The largest absolute Gasteiger partial charge is 0.487 e. The molecule has 1 fully saturated rings. The van der Waals surface area contributed by atoms with Gasteiger partial charge in [-0.1, -0.05) is 31.0 Å². The van der Waals surface area contributed by atoms with Gasteiger partial charge in [0.05, 0.1) is 23.1 Å². The number of sulfonamides is 1. The van der Waals surface area contributed by atoms with E-state index < -0.39 is 26.7 Å². The van der Waals surface area contributed by atoms with E-state index in [0.29, 0.717) is 62.8 Å². The molecule has 0 aromatic heterocycles. The molecule has 0 unspecified atom stereocenters. The zero-order valence-electron chi connectivity index (χ0n) is 28.4. The molecule has 0 radical (unpaired) electrons. The van der Waals surface area contributed by atoms with Gasteiger partial charge >= 0.3 is 0 Å². The van der Waals surface area contributed by atoms with Gasteiger partial charge in [-0.15, -0.1) is 0 Å². The Morgan fingerprint density at radius 3 is 2.65 bits per heavy atom. The molecule has 2 bridgehead atoms. The number of aryl methyl sites for hydroxylation is 1. The monoisotopic (exact) mass is 702 g/mol. The summed E-state index contributed by atoms with van der Waals surface area (Å²) in [6.07, 6.45) is 6.60. The number of rotatable bonds is 5. The first-order valence-electron chi connectivity index (χ1n) is 17.4. The summed E-state index contributed by atoms with van der Waals surface area (Å²) in [6, 6.07) is 11.0. The smallest absolute Gasteiger partial charge is 0.264 e. The standard InChI is InChI=1S/C36H51ClN4O6S/c1-24-7-6-15-36(39-26(3)43,23-38-16-18-42)32-13-10-29(32)21-41-17-5-4-8-27-19-31(37)12-9-30(27)22-47-34-14-11-28(20-33(34)41)35(44)40-48(45,46)25(24)2/h9,11-12,14,19-20,24-25,29,32,38,42H,4-8,10,13,15-18,21-23H2,1-3H3,(H,39,43)(H,40,44)/t24-,25+,29-,32+,36-/m0/s1. The third-order valence-corrected chi connectivity index (χ3v) is 12.9. The summed E-state index contributed by atoms with van der Waals surface area (Å²) < 4.78 is 35.7. The number of nitrogens with zero attached hydrogens (tertiary/aromatic N) is 1. The highest BCUT2D eigenvalue weighted by atomic mass is 35.5. The maximum absolute atomic E-state index is 13.5. The highest BCUT2D eigenvalue weighted by molar-refractivity contribution is 7.90. The molecule has 48 heavy (non-hydrogen) atoms. The van der Waals surface area contributed by atoms with Crippen molar-refractivity contribution >= 4 is 39.1 Å². The Balaban J connectivity index is 1.58. The molecule has 2 aliphatic heterocycles. The molecule has 2 aromatic rings.